The van der Waals surface area contributed by atoms with E-state index in [4.69, 9.17) is 4.74 Å². The zero-order valence-electron chi connectivity index (χ0n) is 18.8. The van der Waals surface area contributed by atoms with Crippen LogP contribution in [0.3, 0.4) is 0 Å². The Bertz CT molecular complexity index is 730. The summed E-state index contributed by atoms with van der Waals surface area (Å²) < 4.78 is 5.16. The summed E-state index contributed by atoms with van der Waals surface area (Å²) in [6.07, 6.45) is 0.933. The fraction of sp³-hybridized carbons (Fsp3) is 0.591. The lowest BCUT2D eigenvalue weighted by Gasteiger charge is -2.31. The van der Waals surface area contributed by atoms with E-state index in [1.54, 1.807) is 26.8 Å². The molecule has 0 aliphatic heterocycles. The number of carbonyl (C=O) groups is 3. The smallest absolute Gasteiger partial charge is 0.408 e. The van der Waals surface area contributed by atoms with Gasteiger partial charge in [0.25, 0.3) is 0 Å². The number of nitrogens with one attached hydrogen (secondary N) is 2. The van der Waals surface area contributed by atoms with Gasteiger partial charge in [0, 0.05) is 13.6 Å². The topological polar surface area (TPSA) is 108 Å². The van der Waals surface area contributed by atoms with Crippen LogP contribution in [-0.4, -0.2) is 59.8 Å². The van der Waals surface area contributed by atoms with Crippen LogP contribution in [0.25, 0.3) is 0 Å². The van der Waals surface area contributed by atoms with Crippen molar-refractivity contribution in [3.05, 3.63) is 35.4 Å². The number of aliphatic hydroxyl groups is 1. The van der Waals surface area contributed by atoms with Crippen molar-refractivity contribution < 1.29 is 24.2 Å². The third-order valence-electron chi connectivity index (χ3n) is 4.34. The summed E-state index contributed by atoms with van der Waals surface area (Å²) in [6.45, 7) is 8.89. The minimum Gasteiger partial charge on any atom is -0.444 e. The highest BCUT2D eigenvalue weighted by Crippen LogP contribution is 2.22. The lowest BCUT2D eigenvalue weighted by Crippen LogP contribution is -2.53. The first-order valence-electron chi connectivity index (χ1n) is 10.2. The van der Waals surface area contributed by atoms with Gasteiger partial charge in [-0.1, -0.05) is 43.2 Å². The summed E-state index contributed by atoms with van der Waals surface area (Å²) in [5.41, 5.74) is 0.849. The van der Waals surface area contributed by atoms with E-state index >= 15 is 0 Å². The Balaban J connectivity index is 3.08. The van der Waals surface area contributed by atoms with E-state index in [1.165, 1.54) is 11.9 Å². The summed E-state index contributed by atoms with van der Waals surface area (Å²) in [4.78, 5) is 39.2. The van der Waals surface area contributed by atoms with Gasteiger partial charge in [-0.3, -0.25) is 9.59 Å². The van der Waals surface area contributed by atoms with Gasteiger partial charge in [0.2, 0.25) is 11.8 Å². The van der Waals surface area contributed by atoms with Gasteiger partial charge in [0.05, 0.1) is 6.61 Å². The molecule has 0 saturated heterocycles. The quantitative estimate of drug-likeness (QED) is 0.530. The van der Waals surface area contributed by atoms with Gasteiger partial charge in [-0.25, -0.2) is 4.79 Å². The summed E-state index contributed by atoms with van der Waals surface area (Å²) in [5, 5.41) is 14.9. The first kappa shape index (κ1) is 25.4. The highest BCUT2D eigenvalue weighted by atomic mass is 16.6. The minimum absolute atomic E-state index is 0.321. The average molecular weight is 422 g/mol. The minimum atomic E-state index is -1.24. The number of hydrogen-bond donors (Lipinski definition) is 3. The van der Waals surface area contributed by atoms with Crippen LogP contribution in [-0.2, 0) is 14.3 Å². The molecule has 0 bridgehead atoms. The Morgan fingerprint density at radius 2 is 1.90 bits per heavy atom. The van der Waals surface area contributed by atoms with Gasteiger partial charge in [-0.05, 0) is 39.7 Å². The van der Waals surface area contributed by atoms with E-state index in [9.17, 15) is 19.5 Å². The molecule has 0 fully saturated rings. The number of unbranched alkanes of at least 4 members (excludes halogenated alkanes) is 1. The third-order valence-corrected chi connectivity index (χ3v) is 4.34. The maximum atomic E-state index is 13.0. The third kappa shape index (κ3) is 8.02. The predicted molar refractivity (Wildman–Crippen MR) is 115 cm³/mol. The molecule has 0 aliphatic rings. The maximum Gasteiger partial charge on any atom is 0.408 e. The monoisotopic (exact) mass is 421 g/mol. The van der Waals surface area contributed by atoms with Crippen molar-refractivity contribution in [2.75, 3.05) is 20.2 Å². The average Bonchev–Trinajstić information content (AvgIpc) is 2.64. The van der Waals surface area contributed by atoms with E-state index in [-0.39, 0.29) is 5.91 Å². The van der Waals surface area contributed by atoms with Gasteiger partial charge in [-0.2, -0.15) is 0 Å². The van der Waals surface area contributed by atoms with Crippen LogP contribution in [0.15, 0.2) is 24.3 Å². The molecule has 0 aromatic heterocycles. The number of likely N-dealkylation sites (N-methyl/N-ethyl adjacent to an activating group) is 1. The first-order chi connectivity index (χ1) is 14.0. The fourth-order valence-electron chi connectivity index (χ4n) is 2.88. The molecular formula is C22H35N3O5. The van der Waals surface area contributed by atoms with Crippen LogP contribution < -0.4 is 10.6 Å². The second kappa shape index (κ2) is 11.5. The van der Waals surface area contributed by atoms with Gasteiger partial charge < -0.3 is 25.4 Å². The number of carbonyl (C=O) groups excluding carboxylic acids is 3. The molecule has 1 aromatic rings. The number of rotatable bonds is 9. The Morgan fingerprint density at radius 1 is 1.23 bits per heavy atom. The highest BCUT2D eigenvalue weighted by molar-refractivity contribution is 5.92. The number of hydrogen-bond acceptors (Lipinski definition) is 5. The van der Waals surface area contributed by atoms with Crippen LogP contribution in [0.2, 0.25) is 0 Å². The van der Waals surface area contributed by atoms with E-state index in [1.807, 2.05) is 32.0 Å². The van der Waals surface area contributed by atoms with Crippen molar-refractivity contribution in [1.29, 1.82) is 0 Å². The van der Waals surface area contributed by atoms with Crippen molar-refractivity contribution in [1.82, 2.24) is 15.5 Å². The van der Waals surface area contributed by atoms with Gasteiger partial charge in [0.1, 0.15) is 17.7 Å². The van der Waals surface area contributed by atoms with E-state index in [0.717, 1.165) is 18.4 Å². The van der Waals surface area contributed by atoms with Gasteiger partial charge in [-0.15, -0.1) is 0 Å². The zero-order chi connectivity index (χ0) is 22.9. The molecule has 0 saturated carbocycles. The fourth-order valence-corrected chi connectivity index (χ4v) is 2.88. The van der Waals surface area contributed by atoms with E-state index in [2.05, 4.69) is 10.6 Å². The van der Waals surface area contributed by atoms with Crippen LogP contribution in [0.4, 0.5) is 4.79 Å². The summed E-state index contributed by atoms with van der Waals surface area (Å²) in [5.74, 6) is -0.917. The molecule has 30 heavy (non-hydrogen) atoms. The lowest BCUT2D eigenvalue weighted by molar-refractivity contribution is -0.141. The van der Waals surface area contributed by atoms with Crippen LogP contribution in [0.1, 0.15) is 57.7 Å². The van der Waals surface area contributed by atoms with Crippen molar-refractivity contribution in [2.45, 2.75) is 65.1 Å². The molecule has 0 radical (unpaired) electrons. The Hall–Kier alpha value is -2.61. The van der Waals surface area contributed by atoms with E-state index < -0.39 is 36.3 Å². The molecule has 2 atom stereocenters. The number of aliphatic hydroxyl groups excluding tert-OH is 1. The number of alkyl carbamates (subject to hydrolysis) is 1. The predicted octanol–water partition coefficient (Wildman–Crippen LogP) is 2.30. The van der Waals surface area contributed by atoms with Crippen LogP contribution in [0.5, 0.6) is 0 Å². The molecule has 1 rings (SSSR count). The molecule has 8 nitrogen and oxygen atoms in total. The summed E-state index contributed by atoms with van der Waals surface area (Å²) >= 11 is 0. The number of nitrogens with zero attached hydrogens (tertiary/aromatic N) is 1. The molecule has 0 aliphatic carbocycles. The molecule has 8 heteroatoms. The molecule has 2 unspecified atom stereocenters. The van der Waals surface area contributed by atoms with Crippen molar-refractivity contribution >= 4 is 17.9 Å². The largest absolute Gasteiger partial charge is 0.444 e. The van der Waals surface area contributed by atoms with Gasteiger partial charge >= 0.3 is 6.09 Å². The Morgan fingerprint density at radius 3 is 2.43 bits per heavy atom. The van der Waals surface area contributed by atoms with Crippen molar-refractivity contribution in [2.24, 2.45) is 0 Å². The normalized spacial score (nSPS) is 13.2. The molecule has 0 heterocycles. The summed E-state index contributed by atoms with van der Waals surface area (Å²) in [6, 6.07) is 5.19. The maximum absolute atomic E-state index is 13.0. The first-order valence-corrected chi connectivity index (χ1v) is 10.2. The molecule has 3 N–H and O–H groups in total. The van der Waals surface area contributed by atoms with Crippen LogP contribution in [0, 0.1) is 6.92 Å². The molecule has 168 valence electrons. The second-order valence-corrected chi connectivity index (χ2v) is 8.29. The number of benzene rings is 1. The Kier molecular flexibility index (Phi) is 9.78. The molecule has 1 aromatic carbocycles. The molecule has 3 amide bonds. The standard InChI is InChI=1S/C22H35N3O5/c1-7-8-12-23-19(27)18(16-11-9-10-15(2)13-16)25(6)20(28)17(14-26)24-21(29)30-22(3,4)5/h9-11,13,17-18,26H,7-8,12,14H2,1-6H3,(H,23,27)(H,24,29). The van der Waals surface area contributed by atoms with Crippen molar-refractivity contribution in [3.63, 3.8) is 0 Å². The number of aryl methyl sites for hydroxylation is 1. The summed E-state index contributed by atoms with van der Waals surface area (Å²) in [7, 11) is 1.48. The second-order valence-electron chi connectivity index (χ2n) is 8.29. The SMILES string of the molecule is CCCCNC(=O)C(c1cccc(C)c1)N(C)C(=O)C(CO)NC(=O)OC(C)(C)C. The molecule has 0 spiro atoms. The lowest BCUT2D eigenvalue weighted by atomic mass is 10.0. The van der Waals surface area contributed by atoms with Crippen molar-refractivity contribution in [3.8, 4) is 0 Å². The zero-order valence-corrected chi connectivity index (χ0v) is 18.8. The van der Waals surface area contributed by atoms with Crippen LogP contribution >= 0.6 is 0 Å². The highest BCUT2D eigenvalue weighted by Gasteiger charge is 2.33. The van der Waals surface area contributed by atoms with E-state index in [0.29, 0.717) is 12.1 Å². The van der Waals surface area contributed by atoms with Gasteiger partial charge in [0.15, 0.2) is 0 Å². The molecular weight excluding hydrogens is 386 g/mol. The number of ether oxygens (including phenoxy) is 1. The Labute approximate surface area is 179 Å². The number of amides is 3.